The SMILES string of the molecule is CN(C)CCCCn1ncc(N)c1N. The summed E-state index contributed by atoms with van der Waals surface area (Å²) in [6.45, 7) is 1.94. The van der Waals surface area contributed by atoms with E-state index in [2.05, 4.69) is 24.1 Å². The highest BCUT2D eigenvalue weighted by atomic mass is 15.3. The number of rotatable bonds is 5. The van der Waals surface area contributed by atoms with Crippen LogP contribution in [0, 0.1) is 0 Å². The maximum atomic E-state index is 5.71. The van der Waals surface area contributed by atoms with Crippen molar-refractivity contribution in [3.63, 3.8) is 0 Å². The van der Waals surface area contributed by atoms with E-state index in [4.69, 9.17) is 11.5 Å². The molecule has 14 heavy (non-hydrogen) atoms. The smallest absolute Gasteiger partial charge is 0.145 e. The van der Waals surface area contributed by atoms with Crippen LogP contribution in [0.3, 0.4) is 0 Å². The minimum atomic E-state index is 0.567. The van der Waals surface area contributed by atoms with E-state index in [1.54, 1.807) is 10.9 Å². The Balaban J connectivity index is 2.28. The summed E-state index contributed by atoms with van der Waals surface area (Å²) in [7, 11) is 4.14. The van der Waals surface area contributed by atoms with Gasteiger partial charge in [0, 0.05) is 6.54 Å². The molecule has 0 amide bonds. The molecule has 0 aliphatic rings. The normalized spacial score (nSPS) is 11.1. The van der Waals surface area contributed by atoms with Crippen molar-refractivity contribution in [3.8, 4) is 0 Å². The summed E-state index contributed by atoms with van der Waals surface area (Å²) in [5.41, 5.74) is 11.9. The molecule has 4 N–H and O–H groups in total. The largest absolute Gasteiger partial charge is 0.394 e. The van der Waals surface area contributed by atoms with Gasteiger partial charge in [-0.2, -0.15) is 5.10 Å². The standard InChI is InChI=1S/C9H19N5/c1-13(2)5-3-4-6-14-9(11)8(10)7-12-14/h7H,3-6,10-11H2,1-2H3. The summed E-state index contributed by atoms with van der Waals surface area (Å²) in [4.78, 5) is 2.17. The first-order chi connectivity index (χ1) is 6.61. The molecule has 0 atom stereocenters. The van der Waals surface area contributed by atoms with Gasteiger partial charge < -0.3 is 16.4 Å². The lowest BCUT2D eigenvalue weighted by molar-refractivity contribution is 0.385. The van der Waals surface area contributed by atoms with Crippen LogP contribution in [0.25, 0.3) is 0 Å². The lowest BCUT2D eigenvalue weighted by atomic mass is 10.3. The van der Waals surface area contributed by atoms with Gasteiger partial charge in [0.2, 0.25) is 0 Å². The first kappa shape index (κ1) is 10.8. The summed E-state index contributed by atoms with van der Waals surface area (Å²) in [5, 5.41) is 4.09. The minimum Gasteiger partial charge on any atom is -0.394 e. The van der Waals surface area contributed by atoms with Gasteiger partial charge in [0.25, 0.3) is 0 Å². The predicted octanol–water partition coefficient (Wildman–Crippen LogP) is 0.389. The molecule has 1 aromatic heterocycles. The topological polar surface area (TPSA) is 73.1 Å². The van der Waals surface area contributed by atoms with Crippen LogP contribution in [0.5, 0.6) is 0 Å². The van der Waals surface area contributed by atoms with E-state index < -0.39 is 0 Å². The van der Waals surface area contributed by atoms with Crippen LogP contribution in [0.1, 0.15) is 12.8 Å². The zero-order valence-electron chi connectivity index (χ0n) is 8.90. The Labute approximate surface area is 84.7 Å². The predicted molar refractivity (Wildman–Crippen MR) is 58.8 cm³/mol. The molecule has 0 aliphatic carbocycles. The number of nitrogens with zero attached hydrogens (tertiary/aromatic N) is 3. The second-order valence-corrected chi connectivity index (χ2v) is 3.72. The third-order valence-electron chi connectivity index (χ3n) is 2.14. The Kier molecular flexibility index (Phi) is 3.76. The van der Waals surface area contributed by atoms with Gasteiger partial charge in [-0.1, -0.05) is 0 Å². The van der Waals surface area contributed by atoms with Gasteiger partial charge in [-0.3, -0.25) is 0 Å². The summed E-state index contributed by atoms with van der Waals surface area (Å²) < 4.78 is 1.75. The van der Waals surface area contributed by atoms with Crippen molar-refractivity contribution in [1.82, 2.24) is 14.7 Å². The highest BCUT2D eigenvalue weighted by Crippen LogP contribution is 2.12. The third kappa shape index (κ3) is 2.92. The molecule has 0 aliphatic heterocycles. The Hall–Kier alpha value is -1.23. The Morgan fingerprint density at radius 2 is 2.07 bits per heavy atom. The van der Waals surface area contributed by atoms with Gasteiger partial charge in [-0.25, -0.2) is 4.68 Å². The first-order valence-corrected chi connectivity index (χ1v) is 4.82. The number of nitrogens with two attached hydrogens (primary N) is 2. The fourth-order valence-corrected chi connectivity index (χ4v) is 1.28. The molecular formula is C9H19N5. The third-order valence-corrected chi connectivity index (χ3v) is 2.14. The second kappa shape index (κ2) is 4.85. The first-order valence-electron chi connectivity index (χ1n) is 4.82. The fourth-order valence-electron chi connectivity index (χ4n) is 1.28. The fraction of sp³-hybridized carbons (Fsp3) is 0.667. The van der Waals surface area contributed by atoms with E-state index in [0.717, 1.165) is 25.9 Å². The molecule has 0 saturated heterocycles. The van der Waals surface area contributed by atoms with E-state index >= 15 is 0 Å². The molecule has 1 heterocycles. The van der Waals surface area contributed by atoms with Crippen molar-refractivity contribution in [2.24, 2.45) is 0 Å². The van der Waals surface area contributed by atoms with E-state index in [0.29, 0.717) is 11.5 Å². The maximum absolute atomic E-state index is 5.71. The van der Waals surface area contributed by atoms with Crippen LogP contribution in [0.4, 0.5) is 11.5 Å². The van der Waals surface area contributed by atoms with Crippen molar-refractivity contribution < 1.29 is 0 Å². The number of anilines is 2. The molecule has 0 saturated carbocycles. The Bertz CT molecular complexity index is 279. The average Bonchev–Trinajstić information content (AvgIpc) is 2.43. The molecule has 80 valence electrons. The van der Waals surface area contributed by atoms with Crippen LogP contribution < -0.4 is 11.5 Å². The van der Waals surface area contributed by atoms with E-state index in [-0.39, 0.29) is 0 Å². The molecule has 0 spiro atoms. The lowest BCUT2D eigenvalue weighted by Crippen LogP contribution is -2.14. The summed E-state index contributed by atoms with van der Waals surface area (Å²) >= 11 is 0. The molecule has 0 fully saturated rings. The van der Waals surface area contributed by atoms with Crippen LogP contribution >= 0.6 is 0 Å². The second-order valence-electron chi connectivity index (χ2n) is 3.72. The molecule has 0 unspecified atom stereocenters. The zero-order chi connectivity index (χ0) is 10.6. The highest BCUT2D eigenvalue weighted by molar-refractivity contribution is 5.56. The Morgan fingerprint density at radius 3 is 2.57 bits per heavy atom. The monoisotopic (exact) mass is 197 g/mol. The molecule has 5 nitrogen and oxygen atoms in total. The number of aromatic nitrogens is 2. The van der Waals surface area contributed by atoms with E-state index in [1.807, 2.05) is 0 Å². The van der Waals surface area contributed by atoms with Gasteiger partial charge >= 0.3 is 0 Å². The van der Waals surface area contributed by atoms with Crippen molar-refractivity contribution in [3.05, 3.63) is 6.20 Å². The molecular weight excluding hydrogens is 178 g/mol. The number of unbranched alkanes of at least 4 members (excludes halogenated alkanes) is 1. The van der Waals surface area contributed by atoms with Crippen LogP contribution in [0.2, 0.25) is 0 Å². The number of hydrogen-bond donors (Lipinski definition) is 2. The Morgan fingerprint density at radius 1 is 1.36 bits per heavy atom. The van der Waals surface area contributed by atoms with Crippen molar-refractivity contribution in [1.29, 1.82) is 0 Å². The van der Waals surface area contributed by atoms with Gasteiger partial charge in [0.15, 0.2) is 0 Å². The van der Waals surface area contributed by atoms with Crippen LogP contribution in [-0.2, 0) is 6.54 Å². The molecule has 1 rings (SSSR count). The van der Waals surface area contributed by atoms with Crippen LogP contribution in [-0.4, -0.2) is 35.3 Å². The molecule has 0 bridgehead atoms. The van der Waals surface area contributed by atoms with E-state index in [9.17, 15) is 0 Å². The number of hydrogen-bond acceptors (Lipinski definition) is 4. The quantitative estimate of drug-likeness (QED) is 0.670. The van der Waals surface area contributed by atoms with Crippen molar-refractivity contribution in [2.45, 2.75) is 19.4 Å². The van der Waals surface area contributed by atoms with Gasteiger partial charge in [0.1, 0.15) is 5.82 Å². The molecule has 0 aromatic carbocycles. The van der Waals surface area contributed by atoms with Gasteiger partial charge in [-0.15, -0.1) is 0 Å². The highest BCUT2D eigenvalue weighted by Gasteiger charge is 2.02. The van der Waals surface area contributed by atoms with Crippen molar-refractivity contribution in [2.75, 3.05) is 32.1 Å². The van der Waals surface area contributed by atoms with Gasteiger partial charge in [0.05, 0.1) is 11.9 Å². The summed E-state index contributed by atoms with van der Waals surface area (Å²) in [5.74, 6) is 0.579. The maximum Gasteiger partial charge on any atom is 0.145 e. The minimum absolute atomic E-state index is 0.567. The molecule has 5 heteroatoms. The van der Waals surface area contributed by atoms with Gasteiger partial charge in [-0.05, 0) is 33.5 Å². The number of aryl methyl sites for hydroxylation is 1. The molecule has 1 aromatic rings. The zero-order valence-corrected chi connectivity index (χ0v) is 8.90. The van der Waals surface area contributed by atoms with Crippen LogP contribution in [0.15, 0.2) is 6.20 Å². The average molecular weight is 197 g/mol. The number of nitrogen functional groups attached to an aromatic ring is 2. The summed E-state index contributed by atoms with van der Waals surface area (Å²) in [6, 6.07) is 0. The molecule has 0 radical (unpaired) electrons. The van der Waals surface area contributed by atoms with E-state index in [1.165, 1.54) is 0 Å². The summed E-state index contributed by atoms with van der Waals surface area (Å²) in [6.07, 6.45) is 3.82. The van der Waals surface area contributed by atoms with Crippen molar-refractivity contribution >= 4 is 11.5 Å². The lowest BCUT2D eigenvalue weighted by Gasteiger charge is -2.09.